The molecule has 0 radical (unpaired) electrons. The molecule has 2 aromatic heterocycles. The average Bonchev–Trinajstić information content (AvgIpc) is 4.06. The highest BCUT2D eigenvalue weighted by Crippen LogP contribution is 2.43. The summed E-state index contributed by atoms with van der Waals surface area (Å²) in [5, 5.41) is 7.16. The fraction of sp³-hybridized carbons (Fsp3) is 0.429. The molecule has 58 heavy (non-hydrogen) atoms. The maximum absolute atomic E-state index is 13.6. The summed E-state index contributed by atoms with van der Waals surface area (Å²) in [6.45, 7) is 5.56. The molecule has 5 aromatic rings. The van der Waals surface area contributed by atoms with Crippen molar-refractivity contribution in [2.75, 3.05) is 47.6 Å². The van der Waals surface area contributed by atoms with Crippen LogP contribution in [0.15, 0.2) is 48.7 Å². The Morgan fingerprint density at radius 1 is 0.948 bits per heavy atom. The number of nitrogens with one attached hydrogen (secondary N) is 4. The Labute approximate surface area is 334 Å². The molecule has 0 spiro atoms. The number of aromatic amines is 2. The molecule has 4 amide bonds. The van der Waals surface area contributed by atoms with E-state index in [4.69, 9.17) is 24.2 Å². The summed E-state index contributed by atoms with van der Waals surface area (Å²) in [4.78, 5) is 70.8. The summed E-state index contributed by atoms with van der Waals surface area (Å²) in [5.74, 6) is 1.77. The number of amides is 4. The number of carbonyl (C=O) groups is 4. The van der Waals surface area contributed by atoms with Gasteiger partial charge in [-0.25, -0.2) is 19.6 Å². The van der Waals surface area contributed by atoms with Crippen LogP contribution in [-0.2, 0) is 30.4 Å². The van der Waals surface area contributed by atoms with Crippen molar-refractivity contribution in [2.45, 2.75) is 57.8 Å². The number of hydrogen-bond donors (Lipinski definition) is 4. The fourth-order valence-corrected chi connectivity index (χ4v) is 8.62. The van der Waals surface area contributed by atoms with Gasteiger partial charge in [0.2, 0.25) is 11.8 Å². The van der Waals surface area contributed by atoms with Gasteiger partial charge < -0.3 is 49.3 Å². The molecule has 16 heteroatoms. The predicted octanol–water partition coefficient (Wildman–Crippen LogP) is 5.60. The molecule has 304 valence electrons. The zero-order valence-corrected chi connectivity index (χ0v) is 33.2. The second kappa shape index (κ2) is 16.0. The Morgan fingerprint density at radius 3 is 2.55 bits per heavy atom. The van der Waals surface area contributed by atoms with Gasteiger partial charge >= 0.3 is 12.2 Å². The lowest BCUT2D eigenvalue weighted by Gasteiger charge is -2.30. The largest absolute Gasteiger partial charge is 0.488 e. The van der Waals surface area contributed by atoms with E-state index in [1.54, 1.807) is 23.1 Å². The van der Waals surface area contributed by atoms with Crippen molar-refractivity contribution in [3.8, 4) is 28.1 Å². The number of benzene rings is 3. The molecule has 8 rings (SSSR count). The molecule has 2 saturated heterocycles. The first kappa shape index (κ1) is 38.7. The van der Waals surface area contributed by atoms with Crippen LogP contribution >= 0.6 is 0 Å². The second-order valence-electron chi connectivity index (χ2n) is 15.5. The number of ether oxygens (including phenoxy) is 4. The van der Waals surface area contributed by atoms with Gasteiger partial charge in [-0.05, 0) is 71.5 Å². The molecule has 3 aliphatic rings. The molecule has 3 aliphatic heterocycles. The second-order valence-corrected chi connectivity index (χ2v) is 15.5. The van der Waals surface area contributed by atoms with E-state index in [0.29, 0.717) is 44.4 Å². The number of H-pyrrole nitrogens is 2. The zero-order valence-electron chi connectivity index (χ0n) is 33.2. The number of nitrogens with zero attached hydrogens (tertiary/aromatic N) is 4. The van der Waals surface area contributed by atoms with Crippen LogP contribution in [0.5, 0.6) is 5.75 Å². The van der Waals surface area contributed by atoms with Gasteiger partial charge in [-0.15, -0.1) is 0 Å². The smallest absolute Gasteiger partial charge is 0.407 e. The molecular weight excluding hydrogens is 745 g/mol. The number of methoxy groups -OCH3 is 3. The molecule has 4 atom stereocenters. The van der Waals surface area contributed by atoms with Crippen molar-refractivity contribution < 1.29 is 38.1 Å². The third-order valence-electron chi connectivity index (χ3n) is 11.5. The molecule has 16 nitrogen and oxygen atoms in total. The zero-order chi connectivity index (χ0) is 40.7. The fourth-order valence-electron chi connectivity index (χ4n) is 8.62. The minimum absolute atomic E-state index is 0.118. The standard InChI is InChI=1S/C42H48N8O8/c1-22(2)36(48-42(54)57-5)40(52)49-12-6-7-32(49)38-43-17-31(46-38)25-8-10-27-26(14-25)21-58-34-16-28-24(15-29(27)34)9-11-30-37(28)47-39(45-30)33-13-23(20-55-3)19-50(33)35(51)18-44-41(53)56-4/h8-11,14-17,22-23,32-33,36H,6-7,12-13,18-21H2,1-5H3,(H,43,46)(H,44,53)(H,45,47)(H,48,54)/t23-,32-,33-,36-/m0/s1. The van der Waals surface area contributed by atoms with Crippen LogP contribution in [0, 0.1) is 11.8 Å². The van der Waals surface area contributed by atoms with Crippen molar-refractivity contribution >= 4 is 45.8 Å². The molecule has 0 saturated carbocycles. The molecule has 0 aliphatic carbocycles. The number of hydrogen-bond acceptors (Lipinski definition) is 10. The summed E-state index contributed by atoms with van der Waals surface area (Å²) in [5.41, 5.74) is 6.52. The first-order chi connectivity index (χ1) is 28.1. The molecule has 5 heterocycles. The van der Waals surface area contributed by atoms with Gasteiger partial charge in [-0.1, -0.05) is 32.0 Å². The number of rotatable bonds is 10. The average molecular weight is 793 g/mol. The highest BCUT2D eigenvalue weighted by Gasteiger charge is 2.39. The highest BCUT2D eigenvalue weighted by atomic mass is 16.5. The monoisotopic (exact) mass is 792 g/mol. The van der Waals surface area contributed by atoms with E-state index >= 15 is 0 Å². The van der Waals surface area contributed by atoms with E-state index in [2.05, 4.69) is 61.7 Å². The van der Waals surface area contributed by atoms with E-state index in [1.807, 2.05) is 19.9 Å². The van der Waals surface area contributed by atoms with Gasteiger partial charge in [0.25, 0.3) is 0 Å². The lowest BCUT2D eigenvalue weighted by atomic mass is 9.92. The minimum Gasteiger partial charge on any atom is -0.488 e. The Balaban J connectivity index is 1.03. The van der Waals surface area contributed by atoms with Crippen LogP contribution < -0.4 is 15.4 Å². The molecule has 0 bridgehead atoms. The molecular formula is C42H48N8O8. The quantitative estimate of drug-likeness (QED) is 0.138. The summed E-state index contributed by atoms with van der Waals surface area (Å²) in [6, 6.07) is 13.3. The molecule has 3 aromatic carbocycles. The SMILES string of the molecule is COC[C@H]1C[C@@H](c2nc3ccc4cc5c(cc4c3[nH]2)OCc2cc(-c3cnc([C@@H]4CCCN4C(=O)[C@@H](NC(=O)OC)C(C)C)[nH]3)ccc2-5)N(C(=O)CNC(=O)OC)C1. The lowest BCUT2D eigenvalue weighted by molar-refractivity contribution is -0.135. The van der Waals surface area contributed by atoms with Gasteiger partial charge in [0.15, 0.2) is 0 Å². The summed E-state index contributed by atoms with van der Waals surface area (Å²) in [7, 11) is 4.20. The topological polar surface area (TPSA) is 193 Å². The van der Waals surface area contributed by atoms with Crippen LogP contribution in [-0.4, -0.2) is 107 Å². The lowest BCUT2D eigenvalue weighted by Crippen LogP contribution is -2.51. The Kier molecular flexibility index (Phi) is 10.7. The first-order valence-corrected chi connectivity index (χ1v) is 19.6. The Bertz CT molecular complexity index is 2390. The van der Waals surface area contributed by atoms with Crippen LogP contribution in [0.2, 0.25) is 0 Å². The van der Waals surface area contributed by atoms with Crippen LogP contribution in [0.1, 0.15) is 62.4 Å². The van der Waals surface area contributed by atoms with Crippen LogP contribution in [0.3, 0.4) is 0 Å². The normalized spacial score (nSPS) is 19.2. The number of likely N-dealkylation sites (tertiary alicyclic amines) is 2. The minimum atomic E-state index is -0.704. The van der Waals surface area contributed by atoms with E-state index in [9.17, 15) is 19.2 Å². The Morgan fingerprint density at radius 2 is 1.78 bits per heavy atom. The third-order valence-corrected chi connectivity index (χ3v) is 11.5. The van der Waals surface area contributed by atoms with E-state index in [1.165, 1.54) is 14.2 Å². The Hall–Kier alpha value is -6.16. The van der Waals surface area contributed by atoms with E-state index in [0.717, 1.165) is 68.3 Å². The van der Waals surface area contributed by atoms with Crippen LogP contribution in [0.25, 0.3) is 44.2 Å². The van der Waals surface area contributed by atoms with Gasteiger partial charge in [0.05, 0.1) is 55.8 Å². The summed E-state index contributed by atoms with van der Waals surface area (Å²) in [6.07, 6.45) is 2.77. The highest BCUT2D eigenvalue weighted by molar-refractivity contribution is 6.07. The number of imidazole rings is 2. The molecule has 4 N–H and O–H groups in total. The van der Waals surface area contributed by atoms with E-state index < -0.39 is 18.2 Å². The maximum Gasteiger partial charge on any atom is 0.407 e. The number of carbonyl (C=O) groups excluding carboxylic acids is 4. The summed E-state index contributed by atoms with van der Waals surface area (Å²) >= 11 is 0. The van der Waals surface area contributed by atoms with Crippen molar-refractivity contribution in [2.24, 2.45) is 11.8 Å². The van der Waals surface area contributed by atoms with Gasteiger partial charge in [-0.2, -0.15) is 0 Å². The van der Waals surface area contributed by atoms with Crippen molar-refractivity contribution in [3.63, 3.8) is 0 Å². The molecule has 2 fully saturated rings. The van der Waals surface area contributed by atoms with Crippen molar-refractivity contribution in [1.82, 2.24) is 40.4 Å². The first-order valence-electron chi connectivity index (χ1n) is 19.6. The van der Waals surface area contributed by atoms with E-state index in [-0.39, 0.29) is 42.3 Å². The van der Waals surface area contributed by atoms with Gasteiger partial charge in [0, 0.05) is 37.1 Å². The number of alkyl carbamates (subject to hydrolysis) is 2. The van der Waals surface area contributed by atoms with Crippen LogP contribution in [0.4, 0.5) is 9.59 Å². The van der Waals surface area contributed by atoms with Gasteiger partial charge in [0.1, 0.15) is 36.6 Å². The molecule has 0 unspecified atom stereocenters. The number of fused-ring (bicyclic) bond motifs is 6. The van der Waals surface area contributed by atoms with Crippen molar-refractivity contribution in [3.05, 3.63) is 65.9 Å². The summed E-state index contributed by atoms with van der Waals surface area (Å²) < 4.78 is 21.3. The maximum atomic E-state index is 13.6. The predicted molar refractivity (Wildman–Crippen MR) is 214 cm³/mol. The van der Waals surface area contributed by atoms with Gasteiger partial charge in [-0.3, -0.25) is 9.59 Å². The van der Waals surface area contributed by atoms with Crippen molar-refractivity contribution in [1.29, 1.82) is 0 Å². The number of aromatic nitrogens is 4. The third kappa shape index (κ3) is 7.27.